The molecule has 1 aromatic heterocycles. The molecule has 5 N–H and O–H groups in total. The predicted molar refractivity (Wildman–Crippen MR) is 105 cm³/mol. The van der Waals surface area contributed by atoms with Crippen LogP contribution in [0.3, 0.4) is 0 Å². The van der Waals surface area contributed by atoms with Gasteiger partial charge in [0.25, 0.3) is 5.91 Å². The highest BCUT2D eigenvalue weighted by atomic mass is 35.5. The van der Waals surface area contributed by atoms with Crippen molar-refractivity contribution in [3.8, 4) is 5.88 Å². The summed E-state index contributed by atoms with van der Waals surface area (Å²) in [6.07, 6.45) is 0. The van der Waals surface area contributed by atoms with Gasteiger partial charge in [-0.15, -0.1) is 0 Å². The van der Waals surface area contributed by atoms with Crippen LogP contribution in [-0.2, 0) is 6.61 Å². The van der Waals surface area contributed by atoms with E-state index in [0.717, 1.165) is 17.1 Å². The number of hydrogen-bond donors (Lipinski definition) is 4. The normalized spacial score (nSPS) is 11.7. The molecule has 8 nitrogen and oxygen atoms in total. The summed E-state index contributed by atoms with van der Waals surface area (Å²) in [5, 5.41) is 15.0. The molecule has 1 heterocycles. The van der Waals surface area contributed by atoms with E-state index in [1.54, 1.807) is 25.1 Å². The van der Waals surface area contributed by atoms with Crippen molar-refractivity contribution in [1.82, 2.24) is 9.69 Å². The molecule has 0 aliphatic rings. The zero-order valence-corrected chi connectivity index (χ0v) is 16.6. The standard InChI is InChI=1S/C16H18Cl2N4O4S/c1-8(6-23)5-20-16(25)21-15-12(13(19)24)14(22-27-15)26-7-9-2-3-10(17)11(18)4-9/h2-4,8,23H,5-7H2,1H3,(H2,19,24)(H2,20,21,25). The summed E-state index contributed by atoms with van der Waals surface area (Å²) < 4.78 is 9.58. The van der Waals surface area contributed by atoms with Gasteiger partial charge in [-0.25, -0.2) is 4.79 Å². The van der Waals surface area contributed by atoms with E-state index in [1.807, 2.05) is 0 Å². The molecule has 11 heteroatoms. The minimum Gasteiger partial charge on any atom is -0.472 e. The number of aliphatic hydroxyl groups excluding tert-OH is 1. The average Bonchev–Trinajstić information content (AvgIpc) is 3.03. The zero-order chi connectivity index (χ0) is 20.0. The number of aliphatic hydroxyl groups is 1. The molecular weight excluding hydrogens is 415 g/mol. The number of rotatable bonds is 8. The second kappa shape index (κ2) is 9.75. The number of benzene rings is 1. The first-order valence-corrected chi connectivity index (χ1v) is 9.36. The quantitative estimate of drug-likeness (QED) is 0.509. The third-order valence-electron chi connectivity index (χ3n) is 3.42. The molecule has 2 rings (SSSR count). The number of amides is 3. The molecule has 0 fully saturated rings. The lowest BCUT2D eigenvalue weighted by molar-refractivity contribution is 0.0996. The number of nitrogens with one attached hydrogen (secondary N) is 2. The van der Waals surface area contributed by atoms with Crippen LogP contribution in [0.5, 0.6) is 5.88 Å². The summed E-state index contributed by atoms with van der Waals surface area (Å²) in [6, 6.07) is 4.44. The smallest absolute Gasteiger partial charge is 0.319 e. The number of nitrogens with two attached hydrogens (primary N) is 1. The summed E-state index contributed by atoms with van der Waals surface area (Å²) in [5.41, 5.74) is 6.09. The highest BCUT2D eigenvalue weighted by Crippen LogP contribution is 2.31. The summed E-state index contributed by atoms with van der Waals surface area (Å²) in [7, 11) is 0. The molecule has 1 aromatic carbocycles. The minimum absolute atomic E-state index is 0.0117. The highest BCUT2D eigenvalue weighted by molar-refractivity contribution is 7.11. The van der Waals surface area contributed by atoms with Crippen LogP contribution in [0, 0.1) is 5.92 Å². The largest absolute Gasteiger partial charge is 0.472 e. The first-order valence-electron chi connectivity index (χ1n) is 7.83. The van der Waals surface area contributed by atoms with Crippen molar-refractivity contribution in [2.24, 2.45) is 11.7 Å². The molecule has 0 saturated heterocycles. The van der Waals surface area contributed by atoms with Crippen molar-refractivity contribution in [3.63, 3.8) is 0 Å². The number of aromatic nitrogens is 1. The third-order valence-corrected chi connectivity index (χ3v) is 4.90. The molecule has 2 aromatic rings. The number of ether oxygens (including phenoxy) is 1. The molecule has 0 saturated carbocycles. The number of hydrogen-bond acceptors (Lipinski definition) is 6. The Morgan fingerprint density at radius 1 is 1.37 bits per heavy atom. The Hall–Kier alpha value is -2.07. The maximum absolute atomic E-state index is 11.9. The molecule has 0 aliphatic heterocycles. The number of carbonyl (C=O) groups excluding carboxylic acids is 2. The van der Waals surface area contributed by atoms with Gasteiger partial charge in [-0.3, -0.25) is 10.1 Å². The molecule has 0 spiro atoms. The SMILES string of the molecule is CC(CO)CNC(=O)Nc1snc(OCc2ccc(Cl)c(Cl)c2)c1C(N)=O. The zero-order valence-electron chi connectivity index (χ0n) is 14.3. The van der Waals surface area contributed by atoms with Crippen molar-refractivity contribution >= 4 is 51.7 Å². The van der Waals surface area contributed by atoms with Crippen LogP contribution < -0.4 is 21.1 Å². The van der Waals surface area contributed by atoms with Crippen LogP contribution in [0.1, 0.15) is 22.8 Å². The van der Waals surface area contributed by atoms with Gasteiger partial charge in [0.1, 0.15) is 17.2 Å². The first-order chi connectivity index (χ1) is 12.8. The highest BCUT2D eigenvalue weighted by Gasteiger charge is 2.22. The summed E-state index contributed by atoms with van der Waals surface area (Å²) in [4.78, 5) is 23.7. The van der Waals surface area contributed by atoms with Gasteiger partial charge in [0.15, 0.2) is 0 Å². The van der Waals surface area contributed by atoms with Crippen LogP contribution in [0.4, 0.5) is 9.80 Å². The van der Waals surface area contributed by atoms with Crippen LogP contribution >= 0.6 is 34.7 Å². The van der Waals surface area contributed by atoms with Gasteiger partial charge in [-0.1, -0.05) is 36.2 Å². The number of halogens is 2. The topological polar surface area (TPSA) is 127 Å². The van der Waals surface area contributed by atoms with E-state index in [9.17, 15) is 9.59 Å². The van der Waals surface area contributed by atoms with Gasteiger partial charge < -0.3 is 20.9 Å². The Balaban J connectivity index is 2.06. The van der Waals surface area contributed by atoms with Crippen molar-refractivity contribution < 1.29 is 19.4 Å². The van der Waals surface area contributed by atoms with Crippen molar-refractivity contribution in [2.45, 2.75) is 13.5 Å². The van der Waals surface area contributed by atoms with Crippen LogP contribution in [0.25, 0.3) is 0 Å². The number of urea groups is 1. The lowest BCUT2D eigenvalue weighted by Crippen LogP contribution is -2.33. The van der Waals surface area contributed by atoms with E-state index in [0.29, 0.717) is 10.0 Å². The summed E-state index contributed by atoms with van der Waals surface area (Å²) in [5.74, 6) is -0.873. The summed E-state index contributed by atoms with van der Waals surface area (Å²) >= 11 is 12.7. The molecule has 0 radical (unpaired) electrons. The number of primary amides is 1. The molecule has 146 valence electrons. The van der Waals surface area contributed by atoms with E-state index in [4.69, 9.17) is 38.8 Å². The molecule has 1 atom stereocenters. The van der Waals surface area contributed by atoms with Gasteiger partial charge >= 0.3 is 6.03 Å². The Kier molecular flexibility index (Phi) is 7.66. The fourth-order valence-corrected chi connectivity index (χ4v) is 2.99. The molecular formula is C16H18Cl2N4O4S. The van der Waals surface area contributed by atoms with Crippen LogP contribution in [-0.4, -0.2) is 34.6 Å². The monoisotopic (exact) mass is 432 g/mol. The van der Waals surface area contributed by atoms with Crippen LogP contribution in [0.2, 0.25) is 10.0 Å². The minimum atomic E-state index is -0.785. The number of nitrogens with zero attached hydrogens (tertiary/aromatic N) is 1. The molecule has 3 amide bonds. The van der Waals surface area contributed by atoms with Gasteiger partial charge in [0.2, 0.25) is 5.88 Å². The van der Waals surface area contributed by atoms with E-state index >= 15 is 0 Å². The number of anilines is 1. The third kappa shape index (κ3) is 5.96. The van der Waals surface area contributed by atoms with Crippen molar-refractivity contribution in [3.05, 3.63) is 39.4 Å². The maximum Gasteiger partial charge on any atom is 0.319 e. The fraction of sp³-hybridized carbons (Fsp3) is 0.312. The number of carbonyl (C=O) groups is 2. The first kappa shape index (κ1) is 21.2. The Labute approximate surface area is 169 Å². The van der Waals surface area contributed by atoms with Crippen molar-refractivity contribution in [1.29, 1.82) is 0 Å². The Bertz CT molecular complexity index is 831. The Morgan fingerprint density at radius 2 is 2.11 bits per heavy atom. The predicted octanol–water partition coefficient (Wildman–Crippen LogP) is 2.88. The van der Waals surface area contributed by atoms with Gasteiger partial charge in [-0.2, -0.15) is 4.37 Å². The second-order valence-corrected chi connectivity index (χ2v) is 7.30. The van der Waals surface area contributed by atoms with E-state index in [2.05, 4.69) is 15.0 Å². The Morgan fingerprint density at radius 3 is 2.74 bits per heavy atom. The molecule has 27 heavy (non-hydrogen) atoms. The average molecular weight is 433 g/mol. The molecule has 1 unspecified atom stereocenters. The molecule has 0 aliphatic carbocycles. The van der Waals surface area contributed by atoms with Crippen LogP contribution in [0.15, 0.2) is 18.2 Å². The van der Waals surface area contributed by atoms with Gasteiger partial charge in [-0.05, 0) is 35.1 Å². The lowest BCUT2D eigenvalue weighted by Gasteiger charge is -2.10. The van der Waals surface area contributed by atoms with Crippen molar-refractivity contribution in [2.75, 3.05) is 18.5 Å². The maximum atomic E-state index is 11.9. The lowest BCUT2D eigenvalue weighted by atomic mass is 10.2. The van der Waals surface area contributed by atoms with Gasteiger partial charge in [0, 0.05) is 13.2 Å². The van der Waals surface area contributed by atoms with E-state index in [-0.39, 0.29) is 42.1 Å². The van der Waals surface area contributed by atoms with Gasteiger partial charge in [0.05, 0.1) is 10.0 Å². The van der Waals surface area contributed by atoms with E-state index < -0.39 is 11.9 Å². The van der Waals surface area contributed by atoms with E-state index in [1.165, 1.54) is 0 Å². The summed E-state index contributed by atoms with van der Waals surface area (Å²) in [6.45, 7) is 2.07. The molecule has 0 bridgehead atoms. The fourth-order valence-electron chi connectivity index (χ4n) is 1.94. The second-order valence-electron chi connectivity index (χ2n) is 5.72.